The number of fused-ring (bicyclic) bond motifs is 2. The first kappa shape index (κ1) is 16.2. The van der Waals surface area contributed by atoms with Gasteiger partial charge in [-0.2, -0.15) is 0 Å². The van der Waals surface area contributed by atoms with Crippen molar-refractivity contribution in [1.82, 2.24) is 10.9 Å². The number of carbonyl (C=O) groups excluding carboxylic acids is 2. The van der Waals surface area contributed by atoms with E-state index in [0.29, 0.717) is 6.42 Å². The van der Waals surface area contributed by atoms with E-state index in [2.05, 4.69) is 10.9 Å². The molecule has 1 aromatic rings. The zero-order valence-electron chi connectivity index (χ0n) is 13.4. The Morgan fingerprint density at radius 1 is 1.17 bits per heavy atom. The average molecular weight is 328 g/mol. The fourth-order valence-electron chi connectivity index (χ4n) is 3.89. The van der Waals surface area contributed by atoms with Crippen molar-refractivity contribution in [2.75, 3.05) is 0 Å². The van der Waals surface area contributed by atoms with Crippen molar-refractivity contribution >= 4 is 17.8 Å². The topological polar surface area (TPSA) is 95.5 Å². The van der Waals surface area contributed by atoms with Gasteiger partial charge in [0.25, 0.3) is 0 Å². The third-order valence-corrected chi connectivity index (χ3v) is 5.24. The molecule has 1 fully saturated rings. The highest BCUT2D eigenvalue weighted by Gasteiger charge is 2.60. The third-order valence-electron chi connectivity index (χ3n) is 5.24. The van der Waals surface area contributed by atoms with Crippen molar-refractivity contribution in [1.29, 1.82) is 0 Å². The molecular weight excluding hydrogens is 308 g/mol. The number of carboxylic acid groups (broad SMARTS) is 1. The SMILES string of the molecule is C[C@@]1(C(=O)O)[C@@H]2C=C[C@@H](C2)[C@@H]1C(=O)NNC(=O)Cc1ccccc1. The van der Waals surface area contributed by atoms with Crippen molar-refractivity contribution in [3.63, 3.8) is 0 Å². The number of aliphatic carboxylic acids is 1. The molecule has 24 heavy (non-hydrogen) atoms. The van der Waals surface area contributed by atoms with Gasteiger partial charge in [-0.3, -0.25) is 25.2 Å². The number of hydrogen-bond donors (Lipinski definition) is 3. The lowest BCUT2D eigenvalue weighted by Gasteiger charge is -2.33. The Labute approximate surface area is 139 Å². The summed E-state index contributed by atoms with van der Waals surface area (Å²) >= 11 is 0. The number of benzene rings is 1. The molecule has 0 heterocycles. The lowest BCUT2D eigenvalue weighted by atomic mass is 9.69. The number of nitrogens with one attached hydrogen (secondary N) is 2. The van der Waals surface area contributed by atoms with Crippen LogP contribution in [-0.4, -0.2) is 22.9 Å². The normalized spacial score (nSPS) is 30.1. The molecule has 126 valence electrons. The van der Waals surface area contributed by atoms with Crippen LogP contribution in [0.25, 0.3) is 0 Å². The highest BCUT2D eigenvalue weighted by atomic mass is 16.4. The summed E-state index contributed by atoms with van der Waals surface area (Å²) in [5, 5.41) is 9.58. The molecule has 0 aromatic heterocycles. The first-order valence-corrected chi connectivity index (χ1v) is 7.97. The second-order valence-electron chi connectivity index (χ2n) is 6.66. The van der Waals surface area contributed by atoms with Crippen LogP contribution in [0.5, 0.6) is 0 Å². The zero-order valence-corrected chi connectivity index (χ0v) is 13.4. The molecule has 3 N–H and O–H groups in total. The molecule has 2 aliphatic rings. The van der Waals surface area contributed by atoms with Crippen LogP contribution in [0.15, 0.2) is 42.5 Å². The van der Waals surface area contributed by atoms with E-state index in [1.807, 2.05) is 42.5 Å². The fourth-order valence-corrected chi connectivity index (χ4v) is 3.89. The maximum atomic E-state index is 12.5. The van der Waals surface area contributed by atoms with Crippen LogP contribution in [0.1, 0.15) is 18.9 Å². The zero-order chi connectivity index (χ0) is 17.3. The Balaban J connectivity index is 1.62. The molecule has 2 aliphatic carbocycles. The number of rotatable bonds is 4. The molecule has 0 aliphatic heterocycles. The van der Waals surface area contributed by atoms with Crippen molar-refractivity contribution < 1.29 is 19.5 Å². The number of carbonyl (C=O) groups is 3. The first-order chi connectivity index (χ1) is 11.4. The van der Waals surface area contributed by atoms with Crippen LogP contribution in [-0.2, 0) is 20.8 Å². The van der Waals surface area contributed by atoms with Gasteiger partial charge >= 0.3 is 5.97 Å². The summed E-state index contributed by atoms with van der Waals surface area (Å²) in [6, 6.07) is 9.17. The summed E-state index contributed by atoms with van der Waals surface area (Å²) in [6.45, 7) is 1.61. The Bertz CT molecular complexity index is 700. The van der Waals surface area contributed by atoms with Crippen LogP contribution in [0.2, 0.25) is 0 Å². The number of allylic oxidation sites excluding steroid dienone is 2. The molecule has 4 atom stereocenters. The number of hydrogen-bond acceptors (Lipinski definition) is 3. The maximum Gasteiger partial charge on any atom is 0.310 e. The van der Waals surface area contributed by atoms with Gasteiger partial charge in [0.15, 0.2) is 0 Å². The van der Waals surface area contributed by atoms with E-state index in [1.165, 1.54) is 0 Å². The van der Waals surface area contributed by atoms with Gasteiger partial charge in [-0.25, -0.2) is 0 Å². The first-order valence-electron chi connectivity index (χ1n) is 7.97. The van der Waals surface area contributed by atoms with Gasteiger partial charge in [-0.05, 0) is 30.7 Å². The monoisotopic (exact) mass is 328 g/mol. The highest BCUT2D eigenvalue weighted by molar-refractivity contribution is 5.90. The van der Waals surface area contributed by atoms with Crippen molar-refractivity contribution in [2.24, 2.45) is 23.2 Å². The summed E-state index contributed by atoms with van der Waals surface area (Å²) < 4.78 is 0. The van der Waals surface area contributed by atoms with Crippen LogP contribution < -0.4 is 10.9 Å². The summed E-state index contributed by atoms with van der Waals surface area (Å²) in [5.41, 5.74) is 4.50. The molecule has 0 radical (unpaired) electrons. The molecule has 0 spiro atoms. The summed E-state index contributed by atoms with van der Waals surface area (Å²) in [7, 11) is 0. The van der Waals surface area contributed by atoms with E-state index in [-0.39, 0.29) is 24.2 Å². The molecule has 2 amide bonds. The fraction of sp³-hybridized carbons (Fsp3) is 0.389. The van der Waals surface area contributed by atoms with Crippen LogP contribution >= 0.6 is 0 Å². The second-order valence-corrected chi connectivity index (χ2v) is 6.66. The minimum Gasteiger partial charge on any atom is -0.481 e. The molecular formula is C18H20N2O4. The van der Waals surface area contributed by atoms with Crippen molar-refractivity contribution in [3.05, 3.63) is 48.0 Å². The molecule has 0 unspecified atom stereocenters. The lowest BCUT2D eigenvalue weighted by molar-refractivity contribution is -0.156. The van der Waals surface area contributed by atoms with Crippen LogP contribution in [0.3, 0.4) is 0 Å². The Morgan fingerprint density at radius 2 is 1.88 bits per heavy atom. The number of hydrazine groups is 1. The summed E-state index contributed by atoms with van der Waals surface area (Å²) in [5.74, 6) is -2.68. The predicted octanol–water partition coefficient (Wildman–Crippen LogP) is 1.29. The molecule has 0 saturated heterocycles. The van der Waals surface area contributed by atoms with E-state index in [1.54, 1.807) is 6.92 Å². The largest absolute Gasteiger partial charge is 0.481 e. The molecule has 6 heteroatoms. The summed E-state index contributed by atoms with van der Waals surface area (Å²) in [6.07, 6.45) is 4.61. The molecule has 1 aromatic carbocycles. The Hall–Kier alpha value is -2.63. The van der Waals surface area contributed by atoms with Crippen LogP contribution in [0.4, 0.5) is 0 Å². The maximum absolute atomic E-state index is 12.5. The van der Waals surface area contributed by atoms with E-state index in [4.69, 9.17) is 0 Å². The minimum absolute atomic E-state index is 0.0953. The van der Waals surface area contributed by atoms with Gasteiger partial charge in [0, 0.05) is 0 Å². The predicted molar refractivity (Wildman–Crippen MR) is 86.4 cm³/mol. The van der Waals surface area contributed by atoms with Crippen LogP contribution in [0, 0.1) is 23.2 Å². The Kier molecular flexibility index (Phi) is 4.13. The van der Waals surface area contributed by atoms with Gasteiger partial charge < -0.3 is 5.11 Å². The number of carboxylic acids is 1. The quantitative estimate of drug-likeness (QED) is 0.573. The van der Waals surface area contributed by atoms with Crippen molar-refractivity contribution in [3.8, 4) is 0 Å². The van der Waals surface area contributed by atoms with Gasteiger partial charge in [0.05, 0.1) is 17.8 Å². The second kappa shape index (κ2) is 6.11. The standard InChI is InChI=1S/C18H20N2O4/c1-18(17(23)24)13-8-7-12(10-13)15(18)16(22)20-19-14(21)9-11-5-3-2-4-6-11/h2-8,12-13,15H,9-10H2,1H3,(H,19,21)(H,20,22)(H,23,24)/t12-,13+,15+,18+/m0/s1. The van der Waals surface area contributed by atoms with E-state index < -0.39 is 23.2 Å². The van der Waals surface area contributed by atoms with Gasteiger partial charge in [0.1, 0.15) is 0 Å². The number of amides is 2. The molecule has 2 bridgehead atoms. The van der Waals surface area contributed by atoms with E-state index in [9.17, 15) is 19.5 Å². The molecule has 3 rings (SSSR count). The van der Waals surface area contributed by atoms with Crippen molar-refractivity contribution in [2.45, 2.75) is 19.8 Å². The smallest absolute Gasteiger partial charge is 0.310 e. The minimum atomic E-state index is -1.13. The highest BCUT2D eigenvalue weighted by Crippen LogP contribution is 2.56. The third kappa shape index (κ3) is 2.68. The van der Waals surface area contributed by atoms with Gasteiger partial charge in [0.2, 0.25) is 11.8 Å². The Morgan fingerprint density at radius 3 is 2.54 bits per heavy atom. The van der Waals surface area contributed by atoms with Gasteiger partial charge in [-0.1, -0.05) is 42.5 Å². The average Bonchev–Trinajstić information content (AvgIpc) is 3.13. The van der Waals surface area contributed by atoms with Gasteiger partial charge in [-0.15, -0.1) is 0 Å². The molecule has 6 nitrogen and oxygen atoms in total. The van der Waals surface area contributed by atoms with E-state index in [0.717, 1.165) is 5.56 Å². The van der Waals surface area contributed by atoms with E-state index >= 15 is 0 Å². The summed E-state index contributed by atoms with van der Waals surface area (Å²) in [4.78, 5) is 36.1. The molecule has 1 saturated carbocycles. The lowest BCUT2D eigenvalue weighted by Crippen LogP contribution is -2.52.